The second-order valence-corrected chi connectivity index (χ2v) is 3.78. The summed E-state index contributed by atoms with van der Waals surface area (Å²) in [4.78, 5) is 14.0. The Morgan fingerprint density at radius 1 is 1.33 bits per heavy atom. The zero-order valence-corrected chi connectivity index (χ0v) is 14.3. The first-order valence-electron chi connectivity index (χ1n) is 6.26. The average Bonchev–Trinajstić information content (AvgIpc) is 2.42. The van der Waals surface area contributed by atoms with Crippen LogP contribution in [0.1, 0.15) is 29.8 Å². The molecule has 2 rings (SSSR count). The molecule has 1 fully saturated rings. The van der Waals surface area contributed by atoms with Crippen molar-refractivity contribution >= 4 is 5.91 Å². The van der Waals surface area contributed by atoms with E-state index in [1.165, 1.54) is 0 Å². The second-order valence-electron chi connectivity index (χ2n) is 3.78. The minimum absolute atomic E-state index is 0. The zero-order chi connectivity index (χ0) is 12.7. The van der Waals surface area contributed by atoms with Gasteiger partial charge in [0.25, 0.3) is 0 Å². The molecule has 1 aromatic rings. The molecule has 1 heterocycles. The fraction of sp³-hybridized carbons (Fsp3) is 0.500. The Kier molecular flexibility index (Phi) is 9.52. The van der Waals surface area contributed by atoms with Crippen LogP contribution in [0.15, 0.2) is 18.2 Å². The third kappa shape index (κ3) is 4.79. The molecule has 1 amide bonds. The summed E-state index contributed by atoms with van der Waals surface area (Å²) in [6.45, 7) is 9.34. The molecule has 0 bridgehead atoms. The number of aryl methyl sites for hydroxylation is 1. The summed E-state index contributed by atoms with van der Waals surface area (Å²) in [6.07, 6.45) is 0. The van der Waals surface area contributed by atoms with E-state index in [1.54, 1.807) is 6.07 Å². The summed E-state index contributed by atoms with van der Waals surface area (Å²) >= 11 is 0. The van der Waals surface area contributed by atoms with Gasteiger partial charge in [-0.3, -0.25) is 4.79 Å². The van der Waals surface area contributed by atoms with Crippen molar-refractivity contribution in [3.8, 4) is 0 Å². The van der Waals surface area contributed by atoms with E-state index in [2.05, 4.69) is 11.4 Å². The van der Waals surface area contributed by atoms with Crippen molar-refractivity contribution < 1.29 is 37.5 Å². The van der Waals surface area contributed by atoms with E-state index in [4.69, 9.17) is 0 Å². The molecule has 97 valence electrons. The standard InChI is InChI=1S/C12H15N2O.C2H6.Y/c1-10-4-2-3-5-11(10)12(15)14-8-6-13-7-9-14;1-2;/h2,4-5,13H,6-9H2,1H3;1-2H3;/q-1;;. The van der Waals surface area contributed by atoms with Gasteiger partial charge >= 0.3 is 0 Å². The number of carbonyl (C=O) groups is 1. The van der Waals surface area contributed by atoms with Crippen molar-refractivity contribution in [2.24, 2.45) is 0 Å². The average molecular weight is 322 g/mol. The first-order valence-corrected chi connectivity index (χ1v) is 6.26. The number of carbonyl (C=O) groups excluding carboxylic acids is 1. The SMILES string of the molecule is CC.Cc1cc[c-]cc1C(=O)N1CCNCC1.[Y]. The van der Waals surface area contributed by atoms with Crippen molar-refractivity contribution in [2.45, 2.75) is 20.8 Å². The summed E-state index contributed by atoms with van der Waals surface area (Å²) in [7, 11) is 0. The molecule has 0 spiro atoms. The summed E-state index contributed by atoms with van der Waals surface area (Å²) < 4.78 is 0. The van der Waals surface area contributed by atoms with Gasteiger partial charge in [0.1, 0.15) is 0 Å². The van der Waals surface area contributed by atoms with Gasteiger partial charge in [0.05, 0.1) is 0 Å². The third-order valence-corrected chi connectivity index (χ3v) is 2.72. The van der Waals surface area contributed by atoms with Crippen LogP contribution in [0.4, 0.5) is 0 Å². The molecule has 0 aromatic heterocycles. The smallest absolute Gasteiger partial charge is 0.198 e. The maximum atomic E-state index is 12.1. The molecule has 0 aliphatic carbocycles. The largest absolute Gasteiger partial charge is 0.346 e. The van der Waals surface area contributed by atoms with Gasteiger partial charge in [0.15, 0.2) is 5.91 Å². The minimum atomic E-state index is 0. The zero-order valence-electron chi connectivity index (χ0n) is 11.5. The van der Waals surface area contributed by atoms with Crippen molar-refractivity contribution in [3.05, 3.63) is 35.4 Å². The number of hydrogen-bond acceptors (Lipinski definition) is 2. The first-order chi connectivity index (χ1) is 8.29. The molecular formula is C14H21N2OY-. The number of hydrogen-bond donors (Lipinski definition) is 1. The number of amides is 1. The predicted octanol–water partition coefficient (Wildman–Crippen LogP) is 1.86. The van der Waals surface area contributed by atoms with Gasteiger partial charge in [0, 0.05) is 58.9 Å². The summed E-state index contributed by atoms with van der Waals surface area (Å²) in [6, 6.07) is 8.50. The molecule has 0 saturated carbocycles. The molecule has 1 aliphatic rings. The van der Waals surface area contributed by atoms with E-state index < -0.39 is 0 Å². The minimum Gasteiger partial charge on any atom is -0.346 e. The fourth-order valence-electron chi connectivity index (χ4n) is 1.78. The van der Waals surface area contributed by atoms with Gasteiger partial charge in [-0.25, -0.2) is 0 Å². The van der Waals surface area contributed by atoms with E-state index in [-0.39, 0.29) is 38.6 Å². The Balaban J connectivity index is 0.000000917. The molecule has 4 heteroatoms. The molecule has 3 nitrogen and oxygen atoms in total. The molecule has 1 saturated heterocycles. The Bertz CT molecular complexity index is 363. The number of nitrogens with zero attached hydrogens (tertiary/aromatic N) is 1. The van der Waals surface area contributed by atoms with Gasteiger partial charge < -0.3 is 10.2 Å². The van der Waals surface area contributed by atoms with Gasteiger partial charge in [-0.15, -0.1) is 5.56 Å². The van der Waals surface area contributed by atoms with Gasteiger partial charge in [-0.2, -0.15) is 24.3 Å². The molecule has 0 atom stereocenters. The third-order valence-electron chi connectivity index (χ3n) is 2.72. The van der Waals surface area contributed by atoms with Crippen LogP contribution in [-0.4, -0.2) is 37.0 Å². The van der Waals surface area contributed by atoms with Gasteiger partial charge in [0.2, 0.25) is 0 Å². The van der Waals surface area contributed by atoms with E-state index in [0.29, 0.717) is 0 Å². The molecule has 1 aromatic carbocycles. The van der Waals surface area contributed by atoms with E-state index in [0.717, 1.165) is 37.3 Å². The fourth-order valence-corrected chi connectivity index (χ4v) is 1.78. The predicted molar refractivity (Wildman–Crippen MR) is 70.1 cm³/mol. The van der Waals surface area contributed by atoms with Crippen molar-refractivity contribution in [1.29, 1.82) is 0 Å². The molecule has 1 aliphatic heterocycles. The molecule has 1 radical (unpaired) electrons. The summed E-state index contributed by atoms with van der Waals surface area (Å²) in [5.74, 6) is 0.130. The Morgan fingerprint density at radius 2 is 1.94 bits per heavy atom. The number of nitrogens with one attached hydrogen (secondary N) is 1. The van der Waals surface area contributed by atoms with Gasteiger partial charge in [-0.1, -0.05) is 26.3 Å². The van der Waals surface area contributed by atoms with Crippen LogP contribution in [-0.2, 0) is 32.7 Å². The van der Waals surface area contributed by atoms with Crippen LogP contribution in [0.25, 0.3) is 0 Å². The van der Waals surface area contributed by atoms with Crippen LogP contribution in [0.3, 0.4) is 0 Å². The van der Waals surface area contributed by atoms with Crippen molar-refractivity contribution in [3.63, 3.8) is 0 Å². The van der Waals surface area contributed by atoms with Crippen molar-refractivity contribution in [2.75, 3.05) is 26.2 Å². The second kappa shape index (κ2) is 9.65. The Hall–Kier alpha value is -0.246. The Labute approximate surface area is 135 Å². The van der Waals surface area contributed by atoms with Crippen LogP contribution in [0, 0.1) is 13.0 Å². The first kappa shape index (κ1) is 17.8. The van der Waals surface area contributed by atoms with Crippen LogP contribution < -0.4 is 5.32 Å². The molecular weight excluding hydrogens is 301 g/mol. The summed E-state index contributed by atoms with van der Waals surface area (Å²) in [5.41, 5.74) is 1.80. The molecule has 1 N–H and O–H groups in total. The van der Waals surface area contributed by atoms with Crippen LogP contribution in [0.2, 0.25) is 0 Å². The topological polar surface area (TPSA) is 32.3 Å². The molecule has 18 heavy (non-hydrogen) atoms. The van der Waals surface area contributed by atoms with E-state index in [1.807, 2.05) is 37.8 Å². The monoisotopic (exact) mass is 322 g/mol. The van der Waals surface area contributed by atoms with Crippen LogP contribution in [0.5, 0.6) is 0 Å². The Morgan fingerprint density at radius 3 is 2.50 bits per heavy atom. The summed E-state index contributed by atoms with van der Waals surface area (Å²) in [5, 5.41) is 3.23. The normalized spacial score (nSPS) is 14.1. The van der Waals surface area contributed by atoms with Gasteiger partial charge in [-0.05, 0) is 0 Å². The maximum absolute atomic E-state index is 12.1. The van der Waals surface area contributed by atoms with Crippen LogP contribution >= 0.6 is 0 Å². The number of piperazine rings is 1. The van der Waals surface area contributed by atoms with Crippen molar-refractivity contribution in [1.82, 2.24) is 10.2 Å². The number of benzene rings is 1. The van der Waals surface area contributed by atoms with E-state index >= 15 is 0 Å². The maximum Gasteiger partial charge on any atom is 0.198 e. The van der Waals surface area contributed by atoms with E-state index in [9.17, 15) is 4.79 Å². The quantitative estimate of drug-likeness (QED) is 0.801. The molecule has 0 unspecified atom stereocenters. The number of rotatable bonds is 1.